The fourth-order valence-corrected chi connectivity index (χ4v) is 3.27. The van der Waals surface area contributed by atoms with Gasteiger partial charge in [0.2, 0.25) is 0 Å². The Labute approximate surface area is 139 Å². The molecule has 0 saturated carbocycles. The van der Waals surface area contributed by atoms with E-state index in [2.05, 4.69) is 10.3 Å². The van der Waals surface area contributed by atoms with E-state index >= 15 is 0 Å². The van der Waals surface area contributed by atoms with Crippen molar-refractivity contribution in [2.75, 3.05) is 11.9 Å². The summed E-state index contributed by atoms with van der Waals surface area (Å²) in [7, 11) is 0. The minimum atomic E-state index is -0.129. The van der Waals surface area contributed by atoms with Crippen LogP contribution in [0.1, 0.15) is 28.4 Å². The molecule has 0 atom stereocenters. The number of rotatable bonds is 4. The zero-order chi connectivity index (χ0) is 16.4. The van der Waals surface area contributed by atoms with Gasteiger partial charge in [0.15, 0.2) is 5.13 Å². The number of carbonyl (C=O) groups is 1. The third-order valence-corrected chi connectivity index (χ3v) is 4.67. The lowest BCUT2D eigenvalue weighted by atomic mass is 10.0. The van der Waals surface area contributed by atoms with E-state index in [0.717, 1.165) is 27.1 Å². The highest BCUT2D eigenvalue weighted by Gasteiger charge is 2.13. The number of hydrogen-bond acceptors (Lipinski definition) is 4. The van der Waals surface area contributed by atoms with Gasteiger partial charge in [0, 0.05) is 5.56 Å². The summed E-state index contributed by atoms with van der Waals surface area (Å²) in [5, 5.41) is 3.49. The Kier molecular flexibility index (Phi) is 4.30. The number of benzene rings is 2. The molecule has 0 aliphatic carbocycles. The number of nitrogens with zero attached hydrogens (tertiary/aromatic N) is 1. The molecule has 0 radical (unpaired) electrons. The Morgan fingerprint density at radius 2 is 2.09 bits per heavy atom. The van der Waals surface area contributed by atoms with Crippen LogP contribution in [0.4, 0.5) is 5.13 Å². The van der Waals surface area contributed by atoms with E-state index in [4.69, 9.17) is 4.74 Å². The number of nitrogens with one attached hydrogen (secondary N) is 1. The van der Waals surface area contributed by atoms with Gasteiger partial charge in [-0.15, -0.1) is 0 Å². The van der Waals surface area contributed by atoms with Crippen molar-refractivity contribution >= 4 is 32.6 Å². The van der Waals surface area contributed by atoms with Crippen LogP contribution < -0.4 is 10.1 Å². The molecule has 0 fully saturated rings. The second kappa shape index (κ2) is 6.38. The van der Waals surface area contributed by atoms with E-state index in [1.807, 2.05) is 57.2 Å². The van der Waals surface area contributed by atoms with Crippen LogP contribution in [0, 0.1) is 13.8 Å². The summed E-state index contributed by atoms with van der Waals surface area (Å²) in [6.45, 7) is 6.53. The Morgan fingerprint density at radius 1 is 1.26 bits per heavy atom. The number of thiazole rings is 1. The van der Waals surface area contributed by atoms with Gasteiger partial charge < -0.3 is 4.74 Å². The number of aromatic nitrogens is 1. The summed E-state index contributed by atoms with van der Waals surface area (Å²) in [5.41, 5.74) is 3.63. The topological polar surface area (TPSA) is 51.2 Å². The van der Waals surface area contributed by atoms with Crippen LogP contribution >= 0.6 is 11.3 Å². The lowest BCUT2D eigenvalue weighted by Gasteiger charge is -2.07. The van der Waals surface area contributed by atoms with Crippen molar-refractivity contribution in [1.82, 2.24) is 4.98 Å². The van der Waals surface area contributed by atoms with Crippen molar-refractivity contribution in [2.45, 2.75) is 20.8 Å². The standard InChI is InChI=1S/C18H18N2O2S/c1-4-22-13-8-9-15-16(10-13)23-18(19-15)20-17(21)14-7-5-6-11(2)12(14)3/h5-10H,4H2,1-3H3,(H,19,20,21). The monoisotopic (exact) mass is 326 g/mol. The van der Waals surface area contributed by atoms with Gasteiger partial charge in [-0.2, -0.15) is 0 Å². The zero-order valence-electron chi connectivity index (χ0n) is 13.3. The highest BCUT2D eigenvalue weighted by molar-refractivity contribution is 7.22. The molecule has 0 aliphatic rings. The molecular formula is C18H18N2O2S. The first-order valence-electron chi connectivity index (χ1n) is 7.49. The predicted molar refractivity (Wildman–Crippen MR) is 94.7 cm³/mol. The molecule has 0 aliphatic heterocycles. The second-order valence-electron chi connectivity index (χ2n) is 5.28. The van der Waals surface area contributed by atoms with Crippen LogP contribution in [0.2, 0.25) is 0 Å². The summed E-state index contributed by atoms with van der Waals surface area (Å²) < 4.78 is 6.49. The molecule has 1 aromatic heterocycles. The smallest absolute Gasteiger partial charge is 0.257 e. The minimum Gasteiger partial charge on any atom is -0.494 e. The molecule has 0 saturated heterocycles. The first kappa shape index (κ1) is 15.5. The van der Waals surface area contributed by atoms with Gasteiger partial charge in [0.05, 0.1) is 16.8 Å². The summed E-state index contributed by atoms with van der Waals surface area (Å²) in [6, 6.07) is 11.5. The van der Waals surface area contributed by atoms with Crippen molar-refractivity contribution < 1.29 is 9.53 Å². The molecule has 1 heterocycles. The number of anilines is 1. The number of amides is 1. The van der Waals surface area contributed by atoms with Crippen LogP contribution in [0.15, 0.2) is 36.4 Å². The lowest BCUT2D eigenvalue weighted by Crippen LogP contribution is -2.13. The quantitative estimate of drug-likeness (QED) is 0.764. The van der Waals surface area contributed by atoms with E-state index in [1.54, 1.807) is 0 Å². The number of fused-ring (bicyclic) bond motifs is 1. The summed E-state index contributed by atoms with van der Waals surface area (Å²) >= 11 is 1.45. The Balaban J connectivity index is 1.86. The Morgan fingerprint density at radius 3 is 2.87 bits per heavy atom. The Hall–Kier alpha value is -2.40. The molecule has 3 rings (SSSR count). The van der Waals surface area contributed by atoms with Crippen molar-refractivity contribution in [3.8, 4) is 5.75 Å². The Bertz CT molecular complexity index is 871. The van der Waals surface area contributed by atoms with Gasteiger partial charge >= 0.3 is 0 Å². The molecule has 2 aromatic carbocycles. The van der Waals surface area contributed by atoms with Crippen LogP contribution in [0.5, 0.6) is 5.75 Å². The van der Waals surface area contributed by atoms with Crippen LogP contribution in [0.3, 0.4) is 0 Å². The molecule has 3 aromatic rings. The van der Waals surface area contributed by atoms with E-state index in [-0.39, 0.29) is 5.91 Å². The minimum absolute atomic E-state index is 0.129. The molecule has 1 N–H and O–H groups in total. The van der Waals surface area contributed by atoms with Crippen LogP contribution in [0.25, 0.3) is 10.2 Å². The normalized spacial score (nSPS) is 10.7. The lowest BCUT2D eigenvalue weighted by molar-refractivity contribution is 0.102. The van der Waals surface area contributed by atoms with Gasteiger partial charge in [-0.1, -0.05) is 23.5 Å². The highest BCUT2D eigenvalue weighted by Crippen LogP contribution is 2.29. The van der Waals surface area contributed by atoms with E-state index in [0.29, 0.717) is 17.3 Å². The average molecular weight is 326 g/mol. The van der Waals surface area contributed by atoms with Crippen molar-refractivity contribution in [2.24, 2.45) is 0 Å². The van der Waals surface area contributed by atoms with Crippen molar-refractivity contribution in [3.05, 3.63) is 53.1 Å². The largest absolute Gasteiger partial charge is 0.494 e. The van der Waals surface area contributed by atoms with Crippen molar-refractivity contribution in [1.29, 1.82) is 0 Å². The van der Waals surface area contributed by atoms with E-state index < -0.39 is 0 Å². The molecule has 118 valence electrons. The molecule has 0 spiro atoms. The van der Waals surface area contributed by atoms with E-state index in [1.165, 1.54) is 11.3 Å². The number of hydrogen-bond donors (Lipinski definition) is 1. The van der Waals surface area contributed by atoms with Crippen molar-refractivity contribution in [3.63, 3.8) is 0 Å². The maximum atomic E-state index is 12.5. The molecule has 5 heteroatoms. The second-order valence-corrected chi connectivity index (χ2v) is 6.31. The van der Waals surface area contributed by atoms with Crippen LogP contribution in [-0.2, 0) is 0 Å². The third kappa shape index (κ3) is 3.19. The first-order valence-corrected chi connectivity index (χ1v) is 8.31. The van der Waals surface area contributed by atoms with Crippen LogP contribution in [-0.4, -0.2) is 17.5 Å². The first-order chi connectivity index (χ1) is 11.1. The molecular weight excluding hydrogens is 308 g/mol. The number of carbonyl (C=O) groups excluding carboxylic acids is 1. The summed E-state index contributed by atoms with van der Waals surface area (Å²) in [4.78, 5) is 16.9. The molecule has 0 bridgehead atoms. The zero-order valence-corrected chi connectivity index (χ0v) is 14.2. The fraction of sp³-hybridized carbons (Fsp3) is 0.222. The molecule has 0 unspecified atom stereocenters. The maximum absolute atomic E-state index is 12.5. The molecule has 23 heavy (non-hydrogen) atoms. The van der Waals surface area contributed by atoms with E-state index in [9.17, 15) is 4.79 Å². The molecule has 4 nitrogen and oxygen atoms in total. The van der Waals surface area contributed by atoms with Gasteiger partial charge in [-0.25, -0.2) is 4.98 Å². The predicted octanol–water partition coefficient (Wildman–Crippen LogP) is 4.56. The summed E-state index contributed by atoms with van der Waals surface area (Å²) in [6.07, 6.45) is 0. The van der Waals surface area contributed by atoms with Gasteiger partial charge in [-0.3, -0.25) is 10.1 Å². The third-order valence-electron chi connectivity index (χ3n) is 3.74. The van der Waals surface area contributed by atoms with Gasteiger partial charge in [0.25, 0.3) is 5.91 Å². The SMILES string of the molecule is CCOc1ccc2nc(NC(=O)c3cccc(C)c3C)sc2c1. The van der Waals surface area contributed by atoms with Gasteiger partial charge in [-0.05, 0) is 56.2 Å². The average Bonchev–Trinajstić information content (AvgIpc) is 2.91. The molecule has 1 amide bonds. The fourth-order valence-electron chi connectivity index (χ4n) is 2.38. The van der Waals surface area contributed by atoms with Gasteiger partial charge in [0.1, 0.15) is 5.75 Å². The maximum Gasteiger partial charge on any atom is 0.257 e. The summed E-state index contributed by atoms with van der Waals surface area (Å²) in [5.74, 6) is 0.686. The number of ether oxygens (including phenoxy) is 1. The highest BCUT2D eigenvalue weighted by atomic mass is 32.1. The number of aryl methyl sites for hydroxylation is 1.